The highest BCUT2D eigenvalue weighted by Crippen LogP contribution is 2.19. The van der Waals surface area contributed by atoms with Gasteiger partial charge in [0.2, 0.25) is 23.6 Å². The van der Waals surface area contributed by atoms with Crippen molar-refractivity contribution in [3.63, 3.8) is 0 Å². The van der Waals surface area contributed by atoms with Gasteiger partial charge in [-0.2, -0.15) is 0 Å². The number of hydrogen-bond acceptors (Lipinski definition) is 9. The SMILES string of the molecule is Bc1ccc(CN(NC(=O)[C@H](C)NC(=O)[C@@H](Cc2c[nH]c3ccccc23)NC(=O)[C@@H](N)Cc2c[nH]cn2)C(=O)N[C@H](Cc2ccccc2)C(=O)N[C@@H](CCCCN)C(N)=O)cc1. The van der Waals surface area contributed by atoms with Crippen LogP contribution < -0.4 is 49.4 Å². The molecule has 5 rings (SSSR count). The Hall–Kier alpha value is -6.99. The first kappa shape index (κ1) is 46.1. The van der Waals surface area contributed by atoms with Crippen molar-refractivity contribution < 1.29 is 28.8 Å². The summed E-state index contributed by atoms with van der Waals surface area (Å²) in [6.45, 7) is 1.71. The summed E-state index contributed by atoms with van der Waals surface area (Å²) >= 11 is 0. The standard InChI is InChI=1S/C43H55BN12O6/c1-26(51-41(60)37(20-29-22-49-34-12-6-5-11-32(29)34)53-40(59)33(46)21-31-23-48-25-50-31)39(58)55-56(24-28-14-16-30(44)17-15-28)43(62)54-36(19-27-9-3-2-4-10-27)42(61)52-35(38(47)57)13-7-8-18-45/h2-6,9-12,14-17,22-23,25-26,33,35-37,49H,7-8,13,18-21,24,44-46H2,1H3,(H2,47,57)(H,48,50)(H,51,60)(H,52,61)(H,53,59)(H,54,62)(H,55,58)/t26-,33-,35-,36+,37+/m0/s1. The number of aromatic amines is 2. The predicted octanol–water partition coefficient (Wildman–Crippen LogP) is -0.795. The number of carbonyl (C=O) groups is 6. The van der Waals surface area contributed by atoms with Crippen molar-refractivity contribution in [1.82, 2.24) is 46.7 Å². The summed E-state index contributed by atoms with van der Waals surface area (Å²) in [4.78, 5) is 91.7. The molecule has 0 spiro atoms. The van der Waals surface area contributed by atoms with E-state index in [1.54, 1.807) is 48.8 Å². The Morgan fingerprint density at radius 3 is 2.11 bits per heavy atom. The van der Waals surface area contributed by atoms with Crippen LogP contribution in [0.25, 0.3) is 10.9 Å². The van der Waals surface area contributed by atoms with Gasteiger partial charge in [-0.25, -0.2) is 14.8 Å². The quantitative estimate of drug-likeness (QED) is 0.0251. The highest BCUT2D eigenvalue weighted by atomic mass is 16.2. The number of nitrogens with zero attached hydrogens (tertiary/aromatic N) is 2. The smallest absolute Gasteiger partial charge is 0.337 e. The molecule has 0 fully saturated rings. The van der Waals surface area contributed by atoms with Crippen molar-refractivity contribution in [2.45, 2.75) is 82.2 Å². The number of aromatic nitrogens is 3. The number of H-pyrrole nitrogens is 2. The average molecular weight is 847 g/mol. The summed E-state index contributed by atoms with van der Waals surface area (Å²) in [5.74, 6) is -3.44. The van der Waals surface area contributed by atoms with E-state index in [0.717, 1.165) is 26.9 Å². The third kappa shape index (κ3) is 13.5. The van der Waals surface area contributed by atoms with Crippen molar-refractivity contribution in [1.29, 1.82) is 0 Å². The van der Waals surface area contributed by atoms with Crippen LogP contribution in [0.2, 0.25) is 0 Å². The lowest BCUT2D eigenvalue weighted by Crippen LogP contribution is -2.60. The van der Waals surface area contributed by atoms with Crippen molar-refractivity contribution >= 4 is 59.8 Å². The first-order chi connectivity index (χ1) is 29.8. The second kappa shape index (κ2) is 22.6. The van der Waals surface area contributed by atoms with Gasteiger partial charge in [0.05, 0.1) is 24.6 Å². The Morgan fingerprint density at radius 1 is 0.742 bits per heavy atom. The van der Waals surface area contributed by atoms with Gasteiger partial charge in [0.1, 0.15) is 32.0 Å². The van der Waals surface area contributed by atoms with Gasteiger partial charge in [-0.1, -0.05) is 78.3 Å². The second-order valence-corrected chi connectivity index (χ2v) is 15.2. The number of hydrazine groups is 1. The van der Waals surface area contributed by atoms with Crippen LogP contribution in [0, 0.1) is 0 Å². The number of unbranched alkanes of at least 4 members (excludes halogenated alkanes) is 1. The number of para-hydroxylation sites is 1. The minimum absolute atomic E-state index is 0.0420. The number of amides is 7. The molecule has 3 aromatic carbocycles. The number of urea groups is 1. The first-order valence-corrected chi connectivity index (χ1v) is 20.5. The molecule has 0 aliphatic rings. The third-order valence-electron chi connectivity index (χ3n) is 10.3. The molecule has 0 bridgehead atoms. The Labute approximate surface area is 360 Å². The molecule has 2 heterocycles. The maximum absolute atomic E-state index is 14.2. The van der Waals surface area contributed by atoms with Crippen molar-refractivity contribution in [2.24, 2.45) is 17.2 Å². The van der Waals surface area contributed by atoms with Crippen LogP contribution in [0.4, 0.5) is 4.79 Å². The lowest BCUT2D eigenvalue weighted by Gasteiger charge is -2.29. The van der Waals surface area contributed by atoms with E-state index in [1.807, 2.05) is 50.3 Å². The fraction of sp³-hybridized carbons (Fsp3) is 0.326. The van der Waals surface area contributed by atoms with E-state index in [0.29, 0.717) is 36.2 Å². The normalized spacial score (nSPS) is 13.5. The summed E-state index contributed by atoms with van der Waals surface area (Å²) in [6.07, 6.45) is 6.48. The van der Waals surface area contributed by atoms with E-state index >= 15 is 0 Å². The molecule has 2 aromatic heterocycles. The first-order valence-electron chi connectivity index (χ1n) is 20.5. The van der Waals surface area contributed by atoms with E-state index in [9.17, 15) is 28.8 Å². The minimum atomic E-state index is -1.23. The summed E-state index contributed by atoms with van der Waals surface area (Å²) in [7, 11) is 1.91. The molecule has 0 aliphatic heterocycles. The van der Waals surface area contributed by atoms with Crippen LogP contribution in [-0.4, -0.2) is 100 Å². The number of benzene rings is 3. The molecule has 0 unspecified atom stereocenters. The summed E-state index contributed by atoms with van der Waals surface area (Å²) < 4.78 is 0. The molecule has 0 radical (unpaired) electrons. The number of fused-ring (bicyclic) bond motifs is 1. The Balaban J connectivity index is 1.34. The summed E-state index contributed by atoms with van der Waals surface area (Å²) in [6, 6.07) is 17.3. The van der Waals surface area contributed by atoms with Crippen molar-refractivity contribution in [3.8, 4) is 0 Å². The van der Waals surface area contributed by atoms with E-state index in [1.165, 1.54) is 13.3 Å². The van der Waals surface area contributed by atoms with Gasteiger partial charge < -0.3 is 48.4 Å². The van der Waals surface area contributed by atoms with E-state index in [-0.39, 0.29) is 32.2 Å². The highest BCUT2D eigenvalue weighted by molar-refractivity contribution is 6.32. The molecule has 0 aliphatic carbocycles. The highest BCUT2D eigenvalue weighted by Gasteiger charge is 2.31. The lowest BCUT2D eigenvalue weighted by molar-refractivity contribution is -0.133. The van der Waals surface area contributed by atoms with Gasteiger partial charge in [-0.3, -0.25) is 29.4 Å². The number of rotatable bonds is 21. The van der Waals surface area contributed by atoms with Crippen LogP contribution >= 0.6 is 0 Å². The molecule has 7 amide bonds. The van der Waals surface area contributed by atoms with E-state index in [2.05, 4.69) is 41.6 Å². The molecule has 62 heavy (non-hydrogen) atoms. The molecular formula is C43H55BN12O6. The van der Waals surface area contributed by atoms with Gasteiger partial charge in [-0.15, -0.1) is 0 Å². The molecule has 18 nitrogen and oxygen atoms in total. The zero-order chi connectivity index (χ0) is 44.6. The zero-order valence-electron chi connectivity index (χ0n) is 34.9. The molecule has 5 aromatic rings. The molecule has 19 heteroatoms. The molecule has 5 atom stereocenters. The maximum Gasteiger partial charge on any atom is 0.337 e. The number of nitrogens with two attached hydrogens (primary N) is 3. The van der Waals surface area contributed by atoms with Crippen molar-refractivity contribution in [3.05, 3.63) is 120 Å². The van der Waals surface area contributed by atoms with Crippen molar-refractivity contribution in [2.75, 3.05) is 6.54 Å². The van der Waals surface area contributed by atoms with Crippen LogP contribution in [0.5, 0.6) is 0 Å². The minimum Gasteiger partial charge on any atom is -0.368 e. The van der Waals surface area contributed by atoms with Gasteiger partial charge in [0, 0.05) is 42.6 Å². The Kier molecular flexibility index (Phi) is 16.8. The molecule has 13 N–H and O–H groups in total. The average Bonchev–Trinajstić information content (AvgIpc) is 3.93. The largest absolute Gasteiger partial charge is 0.368 e. The molecule has 0 saturated carbocycles. The lowest BCUT2D eigenvalue weighted by atomic mass is 9.95. The molecular weight excluding hydrogens is 791 g/mol. The topological polar surface area (TPSA) is 288 Å². The van der Waals surface area contributed by atoms with Crippen LogP contribution in [-0.2, 0) is 49.8 Å². The Bertz CT molecular complexity index is 2270. The predicted molar refractivity (Wildman–Crippen MR) is 237 cm³/mol. The van der Waals surface area contributed by atoms with Crippen LogP contribution in [0.15, 0.2) is 97.6 Å². The van der Waals surface area contributed by atoms with Crippen LogP contribution in [0.1, 0.15) is 48.6 Å². The van der Waals surface area contributed by atoms with E-state index < -0.39 is 65.8 Å². The number of hydrogen-bond donors (Lipinski definition) is 10. The number of imidazole rings is 1. The summed E-state index contributed by atoms with van der Waals surface area (Å²) in [5.41, 5.74) is 24.6. The van der Waals surface area contributed by atoms with Gasteiger partial charge in [0.25, 0.3) is 5.91 Å². The monoisotopic (exact) mass is 846 g/mol. The molecule has 0 saturated heterocycles. The Morgan fingerprint density at radius 2 is 1.42 bits per heavy atom. The third-order valence-corrected chi connectivity index (χ3v) is 10.3. The second-order valence-electron chi connectivity index (χ2n) is 15.2. The van der Waals surface area contributed by atoms with E-state index in [4.69, 9.17) is 17.2 Å². The number of nitrogens with one attached hydrogen (secondary N) is 7. The maximum atomic E-state index is 14.2. The number of carbonyl (C=O) groups excluding carboxylic acids is 6. The van der Waals surface area contributed by atoms with Crippen LogP contribution in [0.3, 0.4) is 0 Å². The van der Waals surface area contributed by atoms with Gasteiger partial charge in [0.15, 0.2) is 0 Å². The van der Waals surface area contributed by atoms with Gasteiger partial charge >= 0.3 is 6.03 Å². The van der Waals surface area contributed by atoms with Gasteiger partial charge in [-0.05, 0) is 55.5 Å². The summed E-state index contributed by atoms with van der Waals surface area (Å²) in [5, 5.41) is 12.7. The number of primary amides is 1. The molecule has 326 valence electrons. The zero-order valence-corrected chi connectivity index (χ0v) is 34.9. The fourth-order valence-electron chi connectivity index (χ4n) is 6.71. The fourth-order valence-corrected chi connectivity index (χ4v) is 6.71.